The van der Waals surface area contributed by atoms with Crippen molar-refractivity contribution in [1.29, 1.82) is 0 Å². The molecule has 1 aliphatic rings. The van der Waals surface area contributed by atoms with Gasteiger partial charge in [0.15, 0.2) is 5.78 Å². The maximum Gasteiger partial charge on any atom is 0.235 e. The van der Waals surface area contributed by atoms with E-state index in [2.05, 4.69) is 15.9 Å². The SMILES string of the molecule is O=C1CC(=O)N(c2cc(Cl)c(Br)cc2F)C1. The van der Waals surface area contributed by atoms with Crippen molar-refractivity contribution in [2.24, 2.45) is 0 Å². The van der Waals surface area contributed by atoms with Gasteiger partial charge in [-0.15, -0.1) is 0 Å². The first-order valence-electron chi connectivity index (χ1n) is 4.45. The largest absolute Gasteiger partial charge is 0.302 e. The molecule has 0 aromatic heterocycles. The molecule has 3 nitrogen and oxygen atoms in total. The first-order valence-corrected chi connectivity index (χ1v) is 5.62. The molecule has 1 aromatic carbocycles. The van der Waals surface area contributed by atoms with Crippen molar-refractivity contribution < 1.29 is 14.0 Å². The van der Waals surface area contributed by atoms with Crippen LogP contribution < -0.4 is 4.90 Å². The second-order valence-electron chi connectivity index (χ2n) is 3.41. The van der Waals surface area contributed by atoms with Crippen LogP contribution in [-0.2, 0) is 9.59 Å². The molecule has 1 amide bonds. The molecule has 0 spiro atoms. The van der Waals surface area contributed by atoms with E-state index in [-0.39, 0.29) is 24.4 Å². The quantitative estimate of drug-likeness (QED) is 0.591. The maximum atomic E-state index is 13.6. The number of carbonyl (C=O) groups is 2. The van der Waals surface area contributed by atoms with E-state index in [1.54, 1.807) is 0 Å². The number of anilines is 1. The molecule has 0 unspecified atom stereocenters. The minimum atomic E-state index is -0.584. The summed E-state index contributed by atoms with van der Waals surface area (Å²) in [5, 5.41) is 0.295. The molecule has 2 rings (SSSR count). The van der Waals surface area contributed by atoms with Gasteiger partial charge >= 0.3 is 0 Å². The van der Waals surface area contributed by atoms with Gasteiger partial charge in [-0.25, -0.2) is 4.39 Å². The van der Waals surface area contributed by atoms with Gasteiger partial charge in [-0.05, 0) is 28.1 Å². The fraction of sp³-hybridized carbons (Fsp3) is 0.200. The first kappa shape index (κ1) is 11.5. The molecule has 1 saturated heterocycles. The van der Waals surface area contributed by atoms with E-state index >= 15 is 0 Å². The van der Waals surface area contributed by atoms with Crippen molar-refractivity contribution in [2.75, 3.05) is 11.4 Å². The van der Waals surface area contributed by atoms with Gasteiger partial charge in [-0.3, -0.25) is 9.59 Å². The van der Waals surface area contributed by atoms with Crippen molar-refractivity contribution in [1.82, 2.24) is 0 Å². The summed E-state index contributed by atoms with van der Waals surface area (Å²) in [5.74, 6) is -1.20. The van der Waals surface area contributed by atoms with E-state index in [1.165, 1.54) is 12.1 Å². The van der Waals surface area contributed by atoms with E-state index in [0.717, 1.165) is 4.90 Å². The third-order valence-electron chi connectivity index (χ3n) is 2.26. The highest BCUT2D eigenvalue weighted by Gasteiger charge is 2.30. The predicted molar refractivity (Wildman–Crippen MR) is 61.1 cm³/mol. The minimum Gasteiger partial charge on any atom is -0.302 e. The standard InChI is InChI=1S/C10H6BrClFNO2/c11-6-2-8(13)9(3-7(6)12)14-4-5(15)1-10(14)16/h2-3H,1,4H2. The van der Waals surface area contributed by atoms with E-state index in [0.29, 0.717) is 9.50 Å². The minimum absolute atomic E-state index is 0.0454. The number of amides is 1. The fourth-order valence-electron chi connectivity index (χ4n) is 1.52. The van der Waals surface area contributed by atoms with E-state index in [4.69, 9.17) is 11.6 Å². The molecule has 0 aliphatic carbocycles. The highest BCUT2D eigenvalue weighted by molar-refractivity contribution is 9.10. The van der Waals surface area contributed by atoms with Gasteiger partial charge in [0, 0.05) is 4.47 Å². The third-order valence-corrected chi connectivity index (χ3v) is 3.46. The Balaban J connectivity index is 2.45. The van der Waals surface area contributed by atoms with Crippen molar-refractivity contribution in [3.63, 3.8) is 0 Å². The maximum absolute atomic E-state index is 13.6. The number of hydrogen-bond donors (Lipinski definition) is 0. The second-order valence-corrected chi connectivity index (χ2v) is 4.67. The molecule has 0 bridgehead atoms. The van der Waals surface area contributed by atoms with Crippen LogP contribution in [-0.4, -0.2) is 18.2 Å². The number of rotatable bonds is 1. The molecule has 0 radical (unpaired) electrons. The zero-order valence-corrected chi connectivity index (χ0v) is 10.3. The molecule has 84 valence electrons. The highest BCUT2D eigenvalue weighted by atomic mass is 79.9. The van der Waals surface area contributed by atoms with Crippen molar-refractivity contribution in [2.45, 2.75) is 6.42 Å². The van der Waals surface area contributed by atoms with E-state index in [1.807, 2.05) is 0 Å². The fourth-order valence-corrected chi connectivity index (χ4v) is 2.00. The van der Waals surface area contributed by atoms with Crippen LogP contribution in [0.4, 0.5) is 10.1 Å². The molecule has 1 heterocycles. The molecule has 16 heavy (non-hydrogen) atoms. The van der Waals surface area contributed by atoms with E-state index in [9.17, 15) is 14.0 Å². The lowest BCUT2D eigenvalue weighted by atomic mass is 10.3. The summed E-state index contributed by atoms with van der Waals surface area (Å²) in [6.07, 6.45) is -0.173. The molecule has 6 heteroatoms. The van der Waals surface area contributed by atoms with Crippen LogP contribution in [0.3, 0.4) is 0 Å². The van der Waals surface area contributed by atoms with Gasteiger partial charge in [0.25, 0.3) is 0 Å². The number of benzene rings is 1. The lowest BCUT2D eigenvalue weighted by molar-refractivity contribution is -0.121. The van der Waals surface area contributed by atoms with Crippen LogP contribution in [0.2, 0.25) is 5.02 Å². The monoisotopic (exact) mass is 305 g/mol. The van der Waals surface area contributed by atoms with Gasteiger partial charge < -0.3 is 4.90 Å². The lowest BCUT2D eigenvalue weighted by Gasteiger charge is -2.16. The summed E-state index contributed by atoms with van der Waals surface area (Å²) in [5.41, 5.74) is 0.0454. The number of Topliss-reactive ketones (excluding diaryl/α,β-unsaturated/α-hetero) is 1. The van der Waals surface area contributed by atoms with Crippen molar-refractivity contribution >= 4 is 44.9 Å². The molecular weight excluding hydrogens is 300 g/mol. The Hall–Kier alpha value is -0.940. The number of ketones is 1. The van der Waals surface area contributed by atoms with Crippen LogP contribution in [0.5, 0.6) is 0 Å². The Morgan fingerprint density at radius 3 is 2.62 bits per heavy atom. The summed E-state index contributed by atoms with van der Waals surface area (Å²) < 4.78 is 14.0. The Labute approximate surface area is 104 Å². The summed E-state index contributed by atoms with van der Waals surface area (Å²) in [6, 6.07) is 2.51. The Kier molecular flexibility index (Phi) is 2.99. The third kappa shape index (κ3) is 1.97. The molecule has 0 N–H and O–H groups in total. The number of nitrogens with zero attached hydrogens (tertiary/aromatic N) is 1. The van der Waals surface area contributed by atoms with Gasteiger partial charge in [-0.2, -0.15) is 0 Å². The number of carbonyl (C=O) groups excluding carboxylic acids is 2. The molecule has 0 atom stereocenters. The van der Waals surface area contributed by atoms with Gasteiger partial charge in [0.1, 0.15) is 5.82 Å². The Morgan fingerprint density at radius 1 is 1.38 bits per heavy atom. The van der Waals surface area contributed by atoms with Crippen LogP contribution in [0.25, 0.3) is 0 Å². The topological polar surface area (TPSA) is 37.4 Å². The van der Waals surface area contributed by atoms with Crippen LogP contribution in [0, 0.1) is 5.82 Å². The zero-order chi connectivity index (χ0) is 11.9. The molecule has 1 aliphatic heterocycles. The van der Waals surface area contributed by atoms with Crippen molar-refractivity contribution in [3.8, 4) is 0 Å². The Morgan fingerprint density at radius 2 is 2.06 bits per heavy atom. The Bertz CT molecular complexity index is 492. The summed E-state index contributed by atoms with van der Waals surface area (Å²) in [4.78, 5) is 23.6. The molecule has 0 saturated carbocycles. The van der Waals surface area contributed by atoms with Gasteiger partial charge in [0.05, 0.1) is 23.7 Å². The average molecular weight is 307 g/mol. The average Bonchev–Trinajstić information content (AvgIpc) is 2.51. The lowest BCUT2D eigenvalue weighted by Crippen LogP contribution is -2.25. The van der Waals surface area contributed by atoms with Crippen molar-refractivity contribution in [3.05, 3.63) is 27.4 Å². The molecule has 1 fully saturated rings. The van der Waals surface area contributed by atoms with Crippen LogP contribution in [0.15, 0.2) is 16.6 Å². The van der Waals surface area contributed by atoms with Gasteiger partial charge in [0.2, 0.25) is 5.91 Å². The zero-order valence-electron chi connectivity index (χ0n) is 7.97. The summed E-state index contributed by atoms with van der Waals surface area (Å²) >= 11 is 8.89. The smallest absolute Gasteiger partial charge is 0.235 e. The van der Waals surface area contributed by atoms with Crippen LogP contribution in [0.1, 0.15) is 6.42 Å². The first-order chi connectivity index (χ1) is 7.49. The predicted octanol–water partition coefficient (Wildman–Crippen LogP) is 2.55. The highest BCUT2D eigenvalue weighted by Crippen LogP contribution is 2.32. The second kappa shape index (κ2) is 4.14. The number of halogens is 3. The number of hydrogen-bond acceptors (Lipinski definition) is 2. The van der Waals surface area contributed by atoms with E-state index < -0.39 is 11.7 Å². The summed E-state index contributed by atoms with van der Waals surface area (Å²) in [6.45, 7) is -0.0896. The van der Waals surface area contributed by atoms with Gasteiger partial charge in [-0.1, -0.05) is 11.6 Å². The molecular formula is C10H6BrClFNO2. The summed E-state index contributed by atoms with van der Waals surface area (Å²) in [7, 11) is 0. The normalized spacial score (nSPS) is 16.1. The molecule has 1 aromatic rings. The van der Waals surface area contributed by atoms with Crippen LogP contribution >= 0.6 is 27.5 Å².